The summed E-state index contributed by atoms with van der Waals surface area (Å²) in [4.78, 5) is 2.44. The lowest BCUT2D eigenvalue weighted by molar-refractivity contribution is 0.00762. The number of rotatable bonds is 11. The Balaban J connectivity index is 1.44. The Morgan fingerprint density at radius 2 is 1.53 bits per heavy atom. The highest BCUT2D eigenvalue weighted by Crippen LogP contribution is 2.31. The molecule has 1 fully saturated rings. The first-order valence-electron chi connectivity index (χ1n) is 12.6. The molecule has 0 aliphatic carbocycles. The zero-order valence-corrected chi connectivity index (χ0v) is 23.2. The van der Waals surface area contributed by atoms with Crippen LogP contribution in [0.4, 0.5) is 0 Å². The van der Waals surface area contributed by atoms with Gasteiger partial charge in [0.15, 0.2) is 11.5 Å². The molecule has 0 bridgehead atoms. The van der Waals surface area contributed by atoms with Crippen molar-refractivity contribution >= 4 is 10.0 Å². The summed E-state index contributed by atoms with van der Waals surface area (Å²) in [7, 11) is 1.01. The Morgan fingerprint density at radius 1 is 0.816 bits per heavy atom. The molecule has 3 aromatic carbocycles. The summed E-state index contributed by atoms with van der Waals surface area (Å²) in [5, 5.41) is 0. The van der Waals surface area contributed by atoms with Crippen molar-refractivity contribution in [1.82, 2.24) is 9.21 Å². The number of sulfonamides is 1. The summed E-state index contributed by atoms with van der Waals surface area (Å²) < 4.78 is 50.6. The third-order valence-electron chi connectivity index (χ3n) is 6.79. The van der Waals surface area contributed by atoms with Gasteiger partial charge in [0.25, 0.3) is 0 Å². The van der Waals surface area contributed by atoms with Crippen molar-refractivity contribution in [3.05, 3.63) is 83.4 Å². The number of ether oxygens (including phenoxy) is 4. The molecular formula is C29H36N2O6S. The second kappa shape index (κ2) is 12.6. The third-order valence-corrected chi connectivity index (χ3v) is 8.68. The molecule has 9 heteroatoms. The largest absolute Gasteiger partial charge is 0.497 e. The van der Waals surface area contributed by atoms with Gasteiger partial charge in [-0.25, -0.2) is 8.42 Å². The van der Waals surface area contributed by atoms with Crippen LogP contribution in [0, 0.1) is 6.92 Å². The molecule has 0 aromatic heterocycles. The van der Waals surface area contributed by atoms with Gasteiger partial charge >= 0.3 is 0 Å². The van der Waals surface area contributed by atoms with Crippen molar-refractivity contribution in [3.63, 3.8) is 0 Å². The van der Waals surface area contributed by atoms with Gasteiger partial charge < -0.3 is 18.9 Å². The second-order valence-electron chi connectivity index (χ2n) is 9.28. The van der Waals surface area contributed by atoms with Gasteiger partial charge in [-0.05, 0) is 42.3 Å². The molecule has 0 spiro atoms. The maximum atomic E-state index is 13.3. The predicted molar refractivity (Wildman–Crippen MR) is 146 cm³/mol. The molecule has 1 saturated heterocycles. The molecule has 3 aromatic rings. The SMILES string of the molecule is COc1cccc([C@H](CN2CCN(S(=O)(=O)c3ccc(OC)c(OC)c3)CC2)OCc2ccc(C)cc2)c1. The minimum Gasteiger partial charge on any atom is -0.497 e. The van der Waals surface area contributed by atoms with Crippen molar-refractivity contribution in [2.24, 2.45) is 0 Å². The van der Waals surface area contributed by atoms with Crippen LogP contribution in [0.25, 0.3) is 0 Å². The third kappa shape index (κ3) is 6.66. The average Bonchev–Trinajstić information content (AvgIpc) is 2.96. The van der Waals surface area contributed by atoms with Gasteiger partial charge in [-0.1, -0.05) is 42.0 Å². The maximum absolute atomic E-state index is 13.3. The molecule has 1 heterocycles. The molecule has 4 rings (SSSR count). The van der Waals surface area contributed by atoms with Crippen LogP contribution in [0.1, 0.15) is 22.8 Å². The van der Waals surface area contributed by atoms with E-state index in [1.807, 2.05) is 24.3 Å². The second-order valence-corrected chi connectivity index (χ2v) is 11.2. The zero-order valence-electron chi connectivity index (χ0n) is 22.4. The lowest BCUT2D eigenvalue weighted by Gasteiger charge is -2.36. The average molecular weight is 541 g/mol. The fraction of sp³-hybridized carbons (Fsp3) is 0.379. The highest BCUT2D eigenvalue weighted by atomic mass is 32.2. The standard InChI is InChI=1S/C29H36N2O6S/c1-22-8-10-23(11-9-22)21-37-29(24-6-5-7-25(18-24)34-2)20-30-14-16-31(17-15-30)38(32,33)26-12-13-27(35-3)28(19-26)36-4/h5-13,18-19,29H,14-17,20-21H2,1-4H3/t29-/m0/s1. The highest BCUT2D eigenvalue weighted by Gasteiger charge is 2.30. The van der Waals surface area contributed by atoms with Crippen LogP contribution in [0.15, 0.2) is 71.6 Å². The Morgan fingerprint density at radius 3 is 2.18 bits per heavy atom. The topological polar surface area (TPSA) is 77.5 Å². The number of nitrogens with zero attached hydrogens (tertiary/aromatic N) is 2. The summed E-state index contributed by atoms with van der Waals surface area (Å²) in [5.74, 6) is 1.65. The van der Waals surface area contributed by atoms with E-state index < -0.39 is 10.0 Å². The van der Waals surface area contributed by atoms with Crippen LogP contribution in [0.2, 0.25) is 0 Å². The molecule has 38 heavy (non-hydrogen) atoms. The Bertz CT molecular complexity index is 1300. The van der Waals surface area contributed by atoms with Crippen molar-refractivity contribution in [3.8, 4) is 17.2 Å². The van der Waals surface area contributed by atoms with Gasteiger partial charge in [0.05, 0.1) is 38.9 Å². The summed E-state index contributed by atoms with van der Waals surface area (Å²) in [5.41, 5.74) is 3.34. The molecule has 1 atom stereocenters. The van der Waals surface area contributed by atoms with E-state index in [0.717, 1.165) is 16.9 Å². The zero-order chi connectivity index (χ0) is 27.1. The van der Waals surface area contributed by atoms with Gasteiger partial charge in [0.2, 0.25) is 10.0 Å². The first kappa shape index (κ1) is 27.9. The van der Waals surface area contributed by atoms with Crippen molar-refractivity contribution in [2.45, 2.75) is 24.5 Å². The minimum absolute atomic E-state index is 0.194. The Kier molecular flexibility index (Phi) is 9.27. The monoisotopic (exact) mass is 540 g/mol. The van der Waals surface area contributed by atoms with Gasteiger partial charge in [-0.3, -0.25) is 4.90 Å². The molecule has 0 N–H and O–H groups in total. The molecule has 0 radical (unpaired) electrons. The van der Waals surface area contributed by atoms with Crippen LogP contribution in [0.5, 0.6) is 17.2 Å². The first-order chi connectivity index (χ1) is 18.3. The van der Waals surface area contributed by atoms with Gasteiger partial charge in [-0.2, -0.15) is 4.31 Å². The Labute approximate surface area is 225 Å². The molecule has 0 saturated carbocycles. The summed E-state index contributed by atoms with van der Waals surface area (Å²) in [6, 6.07) is 20.9. The van der Waals surface area contributed by atoms with Crippen molar-refractivity contribution in [2.75, 3.05) is 54.1 Å². The molecular weight excluding hydrogens is 504 g/mol. The molecule has 1 aliphatic heterocycles. The molecule has 8 nitrogen and oxygen atoms in total. The molecule has 1 aliphatic rings. The van der Waals surface area contributed by atoms with E-state index in [4.69, 9.17) is 18.9 Å². The van der Waals surface area contributed by atoms with Gasteiger partial charge in [0, 0.05) is 38.8 Å². The quantitative estimate of drug-likeness (QED) is 0.359. The number of hydrogen-bond acceptors (Lipinski definition) is 7. The Hall–Kier alpha value is -3.11. The number of aryl methyl sites for hydroxylation is 1. The smallest absolute Gasteiger partial charge is 0.243 e. The van der Waals surface area contributed by atoms with E-state index in [1.54, 1.807) is 19.2 Å². The fourth-order valence-electron chi connectivity index (χ4n) is 4.49. The number of benzene rings is 3. The maximum Gasteiger partial charge on any atom is 0.243 e. The van der Waals surface area contributed by atoms with Crippen LogP contribution in [-0.4, -0.2) is 71.7 Å². The lowest BCUT2D eigenvalue weighted by Crippen LogP contribution is -2.49. The molecule has 0 amide bonds. The van der Waals surface area contributed by atoms with Crippen LogP contribution in [0.3, 0.4) is 0 Å². The van der Waals surface area contributed by atoms with E-state index in [2.05, 4.69) is 36.1 Å². The number of piperazine rings is 1. The summed E-state index contributed by atoms with van der Waals surface area (Å²) in [6.45, 7) is 5.16. The fourth-order valence-corrected chi connectivity index (χ4v) is 5.93. The molecule has 0 unspecified atom stereocenters. The van der Waals surface area contributed by atoms with Gasteiger partial charge in [-0.15, -0.1) is 0 Å². The normalized spacial score (nSPS) is 15.7. The van der Waals surface area contributed by atoms with Gasteiger partial charge in [0.1, 0.15) is 5.75 Å². The summed E-state index contributed by atoms with van der Waals surface area (Å²) >= 11 is 0. The van der Waals surface area contributed by atoms with E-state index in [9.17, 15) is 8.42 Å². The first-order valence-corrected chi connectivity index (χ1v) is 14.0. The highest BCUT2D eigenvalue weighted by molar-refractivity contribution is 7.89. The number of hydrogen-bond donors (Lipinski definition) is 0. The van der Waals surface area contributed by atoms with Crippen LogP contribution < -0.4 is 14.2 Å². The minimum atomic E-state index is -3.66. The van der Waals surface area contributed by atoms with Crippen molar-refractivity contribution in [1.29, 1.82) is 0 Å². The van der Waals surface area contributed by atoms with Crippen LogP contribution >= 0.6 is 0 Å². The molecule has 204 valence electrons. The lowest BCUT2D eigenvalue weighted by atomic mass is 10.1. The van der Waals surface area contributed by atoms with Crippen molar-refractivity contribution < 1.29 is 27.4 Å². The summed E-state index contributed by atoms with van der Waals surface area (Å²) in [6.07, 6.45) is -0.194. The number of methoxy groups -OCH3 is 3. The van der Waals surface area contributed by atoms with E-state index in [1.165, 1.54) is 30.2 Å². The van der Waals surface area contributed by atoms with E-state index >= 15 is 0 Å². The van der Waals surface area contributed by atoms with E-state index in [0.29, 0.717) is 50.8 Å². The predicted octanol–water partition coefficient (Wildman–Crippen LogP) is 4.29. The van der Waals surface area contributed by atoms with Crippen LogP contribution in [-0.2, 0) is 21.4 Å². The van der Waals surface area contributed by atoms with E-state index in [-0.39, 0.29) is 11.0 Å².